The number of hydrogen-bond acceptors (Lipinski definition) is 4. The highest BCUT2D eigenvalue weighted by molar-refractivity contribution is 7.85. The van der Waals surface area contributed by atoms with Crippen LogP contribution in [0.5, 0.6) is 0 Å². The van der Waals surface area contributed by atoms with E-state index in [1.165, 1.54) is 36.4 Å². The van der Waals surface area contributed by atoms with Gasteiger partial charge in [0.05, 0.1) is 9.93 Å². The normalized spacial score (nSPS) is 16.3. The zero-order chi connectivity index (χ0) is 19.8. The van der Waals surface area contributed by atoms with Crippen LogP contribution in [0.2, 0.25) is 5.02 Å². The molecule has 2 aromatic carbocycles. The van der Waals surface area contributed by atoms with Gasteiger partial charge in [0.1, 0.15) is 10.1 Å². The maximum atomic E-state index is 11.8. The van der Waals surface area contributed by atoms with Crippen LogP contribution < -0.4 is 0 Å². The lowest BCUT2D eigenvalue weighted by molar-refractivity contribution is -0.110. The number of halogens is 2. The number of benzene rings is 2. The van der Waals surface area contributed by atoms with Crippen molar-refractivity contribution >= 4 is 44.7 Å². The van der Waals surface area contributed by atoms with E-state index < -0.39 is 10.1 Å². The van der Waals surface area contributed by atoms with Gasteiger partial charge in [-0.05, 0) is 53.5 Å². The maximum Gasteiger partial charge on any atom is 0.197 e. The Bertz CT molecular complexity index is 1140. The number of rotatable bonds is 3. The average molecular weight is 420 g/mol. The van der Waals surface area contributed by atoms with Crippen molar-refractivity contribution in [3.8, 4) is 0 Å². The molecule has 0 saturated heterocycles. The van der Waals surface area contributed by atoms with Crippen LogP contribution in [-0.4, -0.2) is 18.8 Å². The number of hydrogen-bond donors (Lipinski definition) is 0. The molecule has 1 aliphatic carbocycles. The lowest BCUT2D eigenvalue weighted by atomic mass is 9.90. The molecule has 3 rings (SSSR count). The van der Waals surface area contributed by atoms with Gasteiger partial charge < -0.3 is 4.55 Å². The van der Waals surface area contributed by atoms with Gasteiger partial charge in [0, 0.05) is 10.6 Å². The maximum absolute atomic E-state index is 11.8. The van der Waals surface area contributed by atoms with E-state index in [4.69, 9.17) is 23.2 Å². The van der Waals surface area contributed by atoms with Crippen molar-refractivity contribution in [1.29, 1.82) is 0 Å². The van der Waals surface area contributed by atoms with Crippen LogP contribution in [0.15, 0.2) is 76.2 Å². The van der Waals surface area contributed by atoms with Crippen LogP contribution in [0.1, 0.15) is 16.7 Å². The number of allylic oxidation sites excluding steroid dienone is 5. The summed E-state index contributed by atoms with van der Waals surface area (Å²) in [6.07, 6.45) is 4.27. The summed E-state index contributed by atoms with van der Waals surface area (Å²) in [7, 11) is -4.73. The first kappa shape index (κ1) is 19.6. The average Bonchev–Trinajstić information content (AvgIpc) is 2.61. The van der Waals surface area contributed by atoms with Crippen LogP contribution in [0.25, 0.3) is 5.57 Å². The summed E-state index contributed by atoms with van der Waals surface area (Å²) in [6, 6.07) is 11.1. The van der Waals surface area contributed by atoms with E-state index in [0.717, 1.165) is 5.56 Å². The second kappa shape index (κ2) is 7.44. The zero-order valence-electron chi connectivity index (χ0n) is 14.1. The van der Waals surface area contributed by atoms with E-state index in [0.29, 0.717) is 21.7 Å². The largest absolute Gasteiger partial charge is 0.744 e. The molecule has 0 bridgehead atoms. The smallest absolute Gasteiger partial charge is 0.197 e. The monoisotopic (exact) mass is 419 g/mol. The molecule has 0 fully saturated rings. The topological polar surface area (TPSA) is 74.3 Å². The summed E-state index contributed by atoms with van der Waals surface area (Å²) in [5.41, 5.74) is 2.58. The Labute approximate surface area is 167 Å². The molecule has 0 aromatic heterocycles. The fraction of sp³-hybridized carbons (Fsp3) is 0.0500. The number of carbonyl (C=O) groups is 1. The highest BCUT2D eigenvalue weighted by atomic mass is 35.5. The van der Waals surface area contributed by atoms with Crippen LogP contribution in [0, 0.1) is 6.92 Å². The second-order valence-electron chi connectivity index (χ2n) is 5.93. The number of ketones is 1. The minimum atomic E-state index is -4.73. The molecule has 0 spiro atoms. The lowest BCUT2D eigenvalue weighted by Crippen LogP contribution is -2.06. The molecule has 0 radical (unpaired) electrons. The van der Waals surface area contributed by atoms with Gasteiger partial charge in [0.25, 0.3) is 0 Å². The molecule has 1 aliphatic rings. The van der Waals surface area contributed by atoms with Crippen LogP contribution >= 0.6 is 23.2 Å². The van der Waals surface area contributed by atoms with Crippen molar-refractivity contribution in [3.05, 3.63) is 93.0 Å². The molecule has 0 amide bonds. The predicted octanol–water partition coefficient (Wildman–Crippen LogP) is 4.62. The summed E-state index contributed by atoms with van der Waals surface area (Å²) in [6.45, 7) is 1.84. The van der Waals surface area contributed by atoms with Crippen molar-refractivity contribution in [2.24, 2.45) is 0 Å². The quantitative estimate of drug-likeness (QED) is 0.680. The molecule has 27 heavy (non-hydrogen) atoms. The van der Waals surface area contributed by atoms with E-state index in [9.17, 15) is 17.8 Å². The summed E-state index contributed by atoms with van der Waals surface area (Å²) in [4.78, 5) is 11.3. The number of carbonyl (C=O) groups excluding carboxylic acids is 1. The van der Waals surface area contributed by atoms with Crippen molar-refractivity contribution in [2.75, 3.05) is 0 Å². The standard InChI is InChI=1S/C20H14Cl2O4S/c1-12-6-7-13(10-16(12)21)20(14-8-9-18(23)17(22)11-14)15-4-2-3-5-19(15)27(24,25)26/h2-11H,1H3,(H,24,25,26)/p-1/b20-14+. The fourth-order valence-electron chi connectivity index (χ4n) is 2.77. The first-order chi connectivity index (χ1) is 12.7. The molecular formula is C20H13Cl2O4S-. The van der Waals surface area contributed by atoms with Gasteiger partial charge >= 0.3 is 0 Å². The third kappa shape index (κ3) is 4.06. The van der Waals surface area contributed by atoms with Crippen LogP contribution in [0.4, 0.5) is 0 Å². The molecule has 7 heteroatoms. The third-order valence-corrected chi connectivity index (χ3v) is 5.70. The SMILES string of the molecule is Cc1ccc(/C(=C2/C=CC(=O)C(Cl)=C2)c2ccccc2S(=O)(=O)[O-])cc1Cl. The molecule has 0 N–H and O–H groups in total. The Hall–Kier alpha value is -2.18. The van der Waals surface area contributed by atoms with Gasteiger partial charge in [-0.15, -0.1) is 0 Å². The molecule has 0 aliphatic heterocycles. The summed E-state index contributed by atoms with van der Waals surface area (Å²) < 4.78 is 35.4. The molecule has 2 aromatic rings. The molecule has 0 heterocycles. The Morgan fingerprint density at radius 1 is 1.04 bits per heavy atom. The van der Waals surface area contributed by atoms with E-state index in [1.807, 2.05) is 6.92 Å². The predicted molar refractivity (Wildman–Crippen MR) is 105 cm³/mol. The Balaban J connectivity index is 2.40. The van der Waals surface area contributed by atoms with E-state index in [1.54, 1.807) is 24.3 Å². The van der Waals surface area contributed by atoms with Crippen molar-refractivity contribution in [1.82, 2.24) is 0 Å². The van der Waals surface area contributed by atoms with Gasteiger partial charge in [-0.25, -0.2) is 8.42 Å². The van der Waals surface area contributed by atoms with Gasteiger partial charge in [-0.2, -0.15) is 0 Å². The van der Waals surface area contributed by atoms with Gasteiger partial charge in [0.15, 0.2) is 5.78 Å². The lowest BCUT2D eigenvalue weighted by Gasteiger charge is -2.19. The van der Waals surface area contributed by atoms with Gasteiger partial charge in [-0.1, -0.05) is 59.6 Å². The third-order valence-electron chi connectivity index (χ3n) is 4.11. The second-order valence-corrected chi connectivity index (χ2v) is 8.10. The van der Waals surface area contributed by atoms with E-state index in [-0.39, 0.29) is 21.3 Å². The molecule has 4 nitrogen and oxygen atoms in total. The first-order valence-electron chi connectivity index (χ1n) is 7.84. The molecule has 0 saturated carbocycles. The Morgan fingerprint density at radius 2 is 1.74 bits per heavy atom. The van der Waals surface area contributed by atoms with Crippen molar-refractivity contribution in [3.63, 3.8) is 0 Å². The number of aryl methyl sites for hydroxylation is 1. The van der Waals surface area contributed by atoms with Gasteiger partial charge in [-0.3, -0.25) is 4.79 Å². The summed E-state index contributed by atoms with van der Waals surface area (Å²) in [5.74, 6) is -0.355. The van der Waals surface area contributed by atoms with Crippen LogP contribution in [0.3, 0.4) is 0 Å². The first-order valence-corrected chi connectivity index (χ1v) is 10.0. The molecular weight excluding hydrogens is 407 g/mol. The van der Waals surface area contributed by atoms with Gasteiger partial charge in [0.2, 0.25) is 0 Å². The Kier molecular flexibility index (Phi) is 5.40. The summed E-state index contributed by atoms with van der Waals surface area (Å²) >= 11 is 12.2. The van der Waals surface area contributed by atoms with Crippen molar-refractivity contribution in [2.45, 2.75) is 11.8 Å². The Morgan fingerprint density at radius 3 is 2.37 bits per heavy atom. The minimum Gasteiger partial charge on any atom is -0.744 e. The highest BCUT2D eigenvalue weighted by Crippen LogP contribution is 2.36. The molecule has 0 atom stereocenters. The minimum absolute atomic E-state index is 0.00864. The highest BCUT2D eigenvalue weighted by Gasteiger charge is 2.19. The molecule has 0 unspecified atom stereocenters. The van der Waals surface area contributed by atoms with Crippen LogP contribution in [-0.2, 0) is 14.9 Å². The zero-order valence-corrected chi connectivity index (χ0v) is 16.4. The molecule has 138 valence electrons. The van der Waals surface area contributed by atoms with E-state index >= 15 is 0 Å². The fourth-order valence-corrected chi connectivity index (χ4v) is 3.82. The summed E-state index contributed by atoms with van der Waals surface area (Å²) in [5, 5.41) is 0.477. The van der Waals surface area contributed by atoms with E-state index in [2.05, 4.69) is 0 Å². The van der Waals surface area contributed by atoms with Crippen molar-refractivity contribution < 1.29 is 17.8 Å².